The lowest BCUT2D eigenvalue weighted by Crippen LogP contribution is -1.94. The summed E-state index contributed by atoms with van der Waals surface area (Å²) in [5.74, 6) is 2.39. The van der Waals surface area contributed by atoms with Crippen LogP contribution in [-0.4, -0.2) is 21.5 Å². The smallest absolute Gasteiger partial charge is 0.100 e. The maximum absolute atomic E-state index is 5.07. The van der Waals surface area contributed by atoms with Gasteiger partial charge in [-0.3, -0.25) is 0 Å². The molecule has 4 rings (SSSR count). The highest BCUT2D eigenvalue weighted by molar-refractivity contribution is 7.99. The zero-order valence-corrected chi connectivity index (χ0v) is 26.2. The van der Waals surface area contributed by atoms with E-state index in [-0.39, 0.29) is 0 Å². The van der Waals surface area contributed by atoms with Crippen LogP contribution in [0.3, 0.4) is 0 Å². The van der Waals surface area contributed by atoms with Crippen molar-refractivity contribution in [3.63, 3.8) is 0 Å². The van der Waals surface area contributed by atoms with Gasteiger partial charge < -0.3 is 0 Å². The Balaban J connectivity index is 1.39. The molecule has 5 heteroatoms. The molecule has 0 aliphatic rings. The summed E-state index contributed by atoms with van der Waals surface area (Å²) in [5.41, 5.74) is 6.17. The van der Waals surface area contributed by atoms with E-state index in [0.717, 1.165) is 33.5 Å². The molecule has 2 aromatic heterocycles. The lowest BCUT2D eigenvalue weighted by atomic mass is 10.0. The minimum Gasteiger partial charge on any atom is -0.243 e. The molecule has 0 aliphatic heterocycles. The molecular formula is C34H44N2S3. The minimum absolute atomic E-state index is 0.973. The van der Waals surface area contributed by atoms with E-state index < -0.39 is 0 Å². The molecular weight excluding hydrogens is 533 g/mol. The number of thioether (sulfide) groups is 2. The summed E-state index contributed by atoms with van der Waals surface area (Å²) in [6, 6.07) is 17.9. The molecule has 0 N–H and O–H groups in total. The molecule has 2 heterocycles. The quantitative estimate of drug-likeness (QED) is 0.0869. The van der Waals surface area contributed by atoms with Gasteiger partial charge in [0.1, 0.15) is 11.0 Å². The molecule has 4 aromatic rings. The minimum atomic E-state index is 0.973. The van der Waals surface area contributed by atoms with Crippen molar-refractivity contribution in [3.8, 4) is 22.5 Å². The summed E-state index contributed by atoms with van der Waals surface area (Å²) in [4.78, 5) is 12.8. The van der Waals surface area contributed by atoms with Gasteiger partial charge >= 0.3 is 0 Å². The van der Waals surface area contributed by atoms with Gasteiger partial charge in [0.15, 0.2) is 0 Å². The van der Waals surface area contributed by atoms with E-state index in [1.165, 1.54) is 98.3 Å². The summed E-state index contributed by atoms with van der Waals surface area (Å²) < 4.78 is 0. The molecule has 0 radical (unpaired) electrons. The SMILES string of the molecule is CCCCCCCCSc1ccc(-c2nc3cscc3nc2-c2ccc(SCCCCCCCC)cc2)cc1. The number of rotatable bonds is 18. The zero-order chi connectivity index (χ0) is 27.1. The van der Waals surface area contributed by atoms with Gasteiger partial charge in [0.2, 0.25) is 0 Å². The van der Waals surface area contributed by atoms with Crippen molar-refractivity contribution in [2.24, 2.45) is 0 Å². The highest BCUT2D eigenvalue weighted by atomic mass is 32.2. The van der Waals surface area contributed by atoms with Crippen molar-refractivity contribution in [3.05, 3.63) is 59.3 Å². The Hall–Kier alpha value is -1.82. The van der Waals surface area contributed by atoms with Gasteiger partial charge in [-0.15, -0.1) is 34.9 Å². The van der Waals surface area contributed by atoms with Gasteiger partial charge in [0.25, 0.3) is 0 Å². The first-order valence-corrected chi connectivity index (χ1v) is 17.9. The summed E-state index contributed by atoms with van der Waals surface area (Å²) in [6.45, 7) is 4.56. The van der Waals surface area contributed by atoms with Crippen LogP contribution in [0.15, 0.2) is 69.1 Å². The van der Waals surface area contributed by atoms with E-state index >= 15 is 0 Å². The fraction of sp³-hybridized carbons (Fsp3) is 0.471. The van der Waals surface area contributed by atoms with Gasteiger partial charge in [0, 0.05) is 31.7 Å². The van der Waals surface area contributed by atoms with E-state index in [4.69, 9.17) is 9.97 Å². The molecule has 39 heavy (non-hydrogen) atoms. The summed E-state index contributed by atoms with van der Waals surface area (Å²) in [6.07, 6.45) is 16.2. The molecule has 0 aliphatic carbocycles. The lowest BCUT2D eigenvalue weighted by molar-refractivity contribution is 0.627. The van der Waals surface area contributed by atoms with Crippen molar-refractivity contribution < 1.29 is 0 Å². The number of hydrogen-bond acceptors (Lipinski definition) is 5. The van der Waals surface area contributed by atoms with Crippen molar-refractivity contribution >= 4 is 45.9 Å². The van der Waals surface area contributed by atoms with E-state index in [2.05, 4.69) is 73.1 Å². The van der Waals surface area contributed by atoms with Crippen molar-refractivity contribution in [2.45, 2.75) is 101 Å². The molecule has 208 valence electrons. The average molecular weight is 577 g/mol. The van der Waals surface area contributed by atoms with Crippen LogP contribution in [0.2, 0.25) is 0 Å². The molecule has 0 spiro atoms. The molecule has 0 fully saturated rings. The first kappa shape index (κ1) is 30.1. The number of unbranched alkanes of at least 4 members (excludes halogenated alkanes) is 10. The predicted molar refractivity (Wildman–Crippen MR) is 176 cm³/mol. The highest BCUT2D eigenvalue weighted by Gasteiger charge is 2.14. The first-order chi connectivity index (χ1) is 19.3. The Labute approximate surface area is 248 Å². The predicted octanol–water partition coefficient (Wildman–Crippen LogP) is 11.9. The summed E-state index contributed by atoms with van der Waals surface area (Å²) in [7, 11) is 0. The number of fused-ring (bicyclic) bond motifs is 1. The van der Waals surface area contributed by atoms with Crippen molar-refractivity contribution in [1.29, 1.82) is 0 Å². The van der Waals surface area contributed by atoms with E-state index in [1.54, 1.807) is 11.3 Å². The van der Waals surface area contributed by atoms with E-state index in [0.29, 0.717) is 0 Å². The Morgan fingerprint density at radius 1 is 0.513 bits per heavy atom. The van der Waals surface area contributed by atoms with Gasteiger partial charge in [-0.05, 0) is 48.6 Å². The van der Waals surface area contributed by atoms with Crippen LogP contribution in [0.1, 0.15) is 90.9 Å². The third-order valence-corrected chi connectivity index (χ3v) is 10.0. The van der Waals surface area contributed by atoms with Gasteiger partial charge in [0.05, 0.1) is 11.4 Å². The monoisotopic (exact) mass is 576 g/mol. The van der Waals surface area contributed by atoms with Gasteiger partial charge in [-0.2, -0.15) is 0 Å². The number of nitrogens with zero attached hydrogens (tertiary/aromatic N) is 2. The molecule has 0 unspecified atom stereocenters. The molecule has 2 nitrogen and oxygen atoms in total. The second-order valence-corrected chi connectivity index (χ2v) is 13.4. The van der Waals surface area contributed by atoms with Crippen LogP contribution >= 0.6 is 34.9 Å². The van der Waals surface area contributed by atoms with Crippen molar-refractivity contribution in [1.82, 2.24) is 9.97 Å². The number of benzene rings is 2. The van der Waals surface area contributed by atoms with E-state index in [1.807, 2.05) is 23.5 Å². The zero-order valence-electron chi connectivity index (χ0n) is 23.8. The third kappa shape index (κ3) is 9.65. The average Bonchev–Trinajstić information content (AvgIpc) is 3.44. The molecule has 2 aromatic carbocycles. The summed E-state index contributed by atoms with van der Waals surface area (Å²) in [5, 5.41) is 4.20. The van der Waals surface area contributed by atoms with Crippen LogP contribution < -0.4 is 0 Å². The molecule has 0 saturated heterocycles. The first-order valence-electron chi connectivity index (χ1n) is 15.0. The second kappa shape index (κ2) is 17.1. The Kier molecular flexibility index (Phi) is 13.2. The van der Waals surface area contributed by atoms with Gasteiger partial charge in [-0.25, -0.2) is 9.97 Å². The fourth-order valence-corrected chi connectivity index (χ4v) is 7.26. The van der Waals surface area contributed by atoms with Crippen LogP contribution in [-0.2, 0) is 0 Å². The Bertz CT molecular complexity index is 1140. The van der Waals surface area contributed by atoms with Crippen LogP contribution in [0.25, 0.3) is 33.5 Å². The van der Waals surface area contributed by atoms with Crippen LogP contribution in [0.5, 0.6) is 0 Å². The largest absolute Gasteiger partial charge is 0.243 e. The topological polar surface area (TPSA) is 25.8 Å². The highest BCUT2D eigenvalue weighted by Crippen LogP contribution is 2.34. The normalized spacial score (nSPS) is 11.4. The lowest BCUT2D eigenvalue weighted by Gasteiger charge is -2.11. The third-order valence-electron chi connectivity index (χ3n) is 7.10. The standard InChI is InChI=1S/C34H44N2S3/c1-3-5-7-9-11-13-23-38-29-19-15-27(16-20-29)33-34(36-32-26-37-25-31(32)35-33)28-17-21-30(22-18-28)39-24-14-12-10-8-6-4-2/h15-22,25-26H,3-14,23-24H2,1-2H3. The Morgan fingerprint density at radius 3 is 1.31 bits per heavy atom. The Morgan fingerprint density at radius 2 is 0.897 bits per heavy atom. The van der Waals surface area contributed by atoms with Crippen molar-refractivity contribution in [2.75, 3.05) is 11.5 Å². The van der Waals surface area contributed by atoms with Crippen LogP contribution in [0.4, 0.5) is 0 Å². The number of thiophene rings is 1. The van der Waals surface area contributed by atoms with E-state index in [9.17, 15) is 0 Å². The van der Waals surface area contributed by atoms with Gasteiger partial charge in [-0.1, -0.05) is 102 Å². The number of aromatic nitrogens is 2. The molecule has 0 amide bonds. The molecule has 0 atom stereocenters. The molecule has 0 bridgehead atoms. The number of hydrogen-bond donors (Lipinski definition) is 0. The summed E-state index contributed by atoms with van der Waals surface area (Å²) >= 11 is 5.61. The maximum Gasteiger partial charge on any atom is 0.100 e. The molecule has 0 saturated carbocycles. The van der Waals surface area contributed by atoms with Crippen LogP contribution in [0, 0.1) is 0 Å². The second-order valence-electron chi connectivity index (χ2n) is 10.3. The fourth-order valence-electron chi connectivity index (χ4n) is 4.76. The maximum atomic E-state index is 5.07.